The third kappa shape index (κ3) is 4.34. The Hall–Kier alpha value is -0.300. The minimum atomic E-state index is 0. The van der Waals surface area contributed by atoms with Gasteiger partial charge in [-0.2, -0.15) is 0 Å². The summed E-state index contributed by atoms with van der Waals surface area (Å²) in [5, 5.41) is 3.11. The lowest BCUT2D eigenvalue weighted by Crippen LogP contribution is -2.33. The van der Waals surface area contributed by atoms with Crippen LogP contribution in [0.5, 0.6) is 0 Å². The third-order valence-electron chi connectivity index (χ3n) is 3.41. The number of benzene rings is 1. The zero-order valence-electron chi connectivity index (χ0n) is 11.2. The summed E-state index contributed by atoms with van der Waals surface area (Å²) < 4.78 is 1.18. The van der Waals surface area contributed by atoms with E-state index < -0.39 is 0 Å². The van der Waals surface area contributed by atoms with Crippen LogP contribution in [0.3, 0.4) is 0 Å². The molecule has 1 aliphatic rings. The Morgan fingerprint density at radius 3 is 2.68 bits per heavy atom. The van der Waals surface area contributed by atoms with Crippen molar-refractivity contribution < 1.29 is 0 Å². The van der Waals surface area contributed by atoms with E-state index in [2.05, 4.69) is 51.4 Å². The van der Waals surface area contributed by atoms with E-state index in [4.69, 9.17) is 5.73 Å². The van der Waals surface area contributed by atoms with Gasteiger partial charge >= 0.3 is 0 Å². The number of nitrogens with two attached hydrogens (primary N) is 1. The smallest absolute Gasteiger partial charge is 0.188 e. The van der Waals surface area contributed by atoms with Crippen molar-refractivity contribution in [1.82, 2.24) is 5.32 Å². The Kier molecular flexibility index (Phi) is 6.59. The van der Waals surface area contributed by atoms with Crippen LogP contribution in [-0.4, -0.2) is 19.0 Å². The average molecular weight is 438 g/mol. The minimum Gasteiger partial charge on any atom is -0.370 e. The monoisotopic (exact) mass is 437 g/mol. The van der Waals surface area contributed by atoms with Crippen LogP contribution in [0.4, 0.5) is 0 Å². The van der Waals surface area contributed by atoms with Crippen molar-refractivity contribution in [2.24, 2.45) is 10.7 Å². The quantitative estimate of drug-likeness (QED) is 0.421. The van der Waals surface area contributed by atoms with Gasteiger partial charge < -0.3 is 11.1 Å². The van der Waals surface area contributed by atoms with Crippen LogP contribution in [0.2, 0.25) is 0 Å². The van der Waals surface area contributed by atoms with Gasteiger partial charge in [-0.05, 0) is 30.9 Å². The van der Waals surface area contributed by atoms with Crippen molar-refractivity contribution in [3.63, 3.8) is 0 Å². The molecule has 0 aromatic heterocycles. The summed E-state index contributed by atoms with van der Waals surface area (Å²) in [5.41, 5.74) is 7.40. The van der Waals surface area contributed by atoms with Gasteiger partial charge in [-0.25, -0.2) is 0 Å². The van der Waals surface area contributed by atoms with Crippen LogP contribution in [0.1, 0.15) is 31.7 Å². The summed E-state index contributed by atoms with van der Waals surface area (Å²) >= 11 is 3.63. The number of nitrogens with zero attached hydrogens (tertiary/aromatic N) is 1. The topological polar surface area (TPSA) is 50.4 Å². The molecule has 2 rings (SSSR count). The molecule has 0 unspecified atom stereocenters. The van der Waals surface area contributed by atoms with E-state index in [0.29, 0.717) is 5.96 Å². The summed E-state index contributed by atoms with van der Waals surface area (Å²) in [6.07, 6.45) is 3.45. The maximum absolute atomic E-state index is 5.84. The fraction of sp³-hybridized carbons (Fsp3) is 0.500. The van der Waals surface area contributed by atoms with Crippen molar-refractivity contribution >= 4 is 45.9 Å². The first-order chi connectivity index (χ1) is 8.68. The molecule has 5 heteroatoms. The van der Waals surface area contributed by atoms with Crippen LogP contribution in [0, 0.1) is 0 Å². The van der Waals surface area contributed by atoms with Gasteiger partial charge in [-0.1, -0.05) is 41.1 Å². The van der Waals surface area contributed by atoms with Crippen molar-refractivity contribution in [2.45, 2.75) is 31.6 Å². The molecule has 0 spiro atoms. The summed E-state index contributed by atoms with van der Waals surface area (Å²) in [6, 6.07) is 8.41. The molecule has 0 aliphatic heterocycles. The summed E-state index contributed by atoms with van der Waals surface area (Å²) in [6.45, 7) is 3.78. The molecule has 0 bridgehead atoms. The van der Waals surface area contributed by atoms with Gasteiger partial charge in [-0.15, -0.1) is 24.0 Å². The Balaban J connectivity index is 0.00000180. The van der Waals surface area contributed by atoms with Crippen molar-refractivity contribution in [3.05, 3.63) is 34.3 Å². The second kappa shape index (κ2) is 7.47. The molecule has 106 valence electrons. The van der Waals surface area contributed by atoms with Gasteiger partial charge in [0.25, 0.3) is 0 Å². The van der Waals surface area contributed by atoms with Crippen LogP contribution >= 0.6 is 39.9 Å². The maximum atomic E-state index is 5.84. The fourth-order valence-corrected chi connectivity index (χ4v) is 2.81. The number of guanidine groups is 1. The SMILES string of the molecule is CCCNC(N)=NCC1(c2ccccc2Br)CC1.I. The van der Waals surface area contributed by atoms with E-state index in [0.717, 1.165) is 19.5 Å². The van der Waals surface area contributed by atoms with Gasteiger partial charge in [-0.3, -0.25) is 4.99 Å². The Labute approximate surface area is 140 Å². The van der Waals surface area contributed by atoms with E-state index in [1.165, 1.54) is 22.9 Å². The predicted molar refractivity (Wildman–Crippen MR) is 95.3 cm³/mol. The van der Waals surface area contributed by atoms with E-state index >= 15 is 0 Å². The molecule has 3 nitrogen and oxygen atoms in total. The van der Waals surface area contributed by atoms with Crippen LogP contribution < -0.4 is 11.1 Å². The molecule has 1 saturated carbocycles. The van der Waals surface area contributed by atoms with Gasteiger partial charge in [0.2, 0.25) is 0 Å². The predicted octanol–water partition coefficient (Wildman–Crippen LogP) is 3.41. The van der Waals surface area contributed by atoms with Gasteiger partial charge in [0, 0.05) is 16.4 Å². The second-order valence-corrected chi connectivity index (χ2v) is 5.74. The summed E-state index contributed by atoms with van der Waals surface area (Å²) in [5.74, 6) is 0.565. The molecule has 1 aliphatic carbocycles. The summed E-state index contributed by atoms with van der Waals surface area (Å²) in [7, 11) is 0. The second-order valence-electron chi connectivity index (χ2n) is 4.89. The van der Waals surface area contributed by atoms with Crippen molar-refractivity contribution in [2.75, 3.05) is 13.1 Å². The molecule has 1 aromatic rings. The highest BCUT2D eigenvalue weighted by Gasteiger charge is 2.45. The lowest BCUT2D eigenvalue weighted by atomic mass is 9.96. The standard InChI is InChI=1S/C14H20BrN3.HI/c1-2-9-17-13(16)18-10-14(7-8-14)11-5-3-4-6-12(11)15;/h3-6H,2,7-10H2,1H3,(H3,16,17,18);1H. The van der Waals surface area contributed by atoms with Gasteiger partial charge in [0.15, 0.2) is 5.96 Å². The molecular weight excluding hydrogens is 417 g/mol. The van der Waals surface area contributed by atoms with Crippen molar-refractivity contribution in [3.8, 4) is 0 Å². The molecule has 0 saturated heterocycles. The zero-order chi connectivity index (χ0) is 13.0. The van der Waals surface area contributed by atoms with Crippen LogP contribution in [0.15, 0.2) is 33.7 Å². The number of nitrogens with one attached hydrogen (secondary N) is 1. The van der Waals surface area contributed by atoms with Crippen LogP contribution in [0.25, 0.3) is 0 Å². The molecule has 1 aromatic carbocycles. The van der Waals surface area contributed by atoms with E-state index in [1.54, 1.807) is 0 Å². The largest absolute Gasteiger partial charge is 0.370 e. The molecular formula is C14H21BrIN3. The first-order valence-corrected chi connectivity index (χ1v) is 7.26. The average Bonchev–Trinajstić information content (AvgIpc) is 3.15. The number of hydrogen-bond acceptors (Lipinski definition) is 1. The van der Waals surface area contributed by atoms with E-state index in [-0.39, 0.29) is 29.4 Å². The van der Waals surface area contributed by atoms with Gasteiger partial charge in [0.1, 0.15) is 0 Å². The third-order valence-corrected chi connectivity index (χ3v) is 4.10. The van der Waals surface area contributed by atoms with E-state index in [1.807, 2.05) is 6.07 Å². The lowest BCUT2D eigenvalue weighted by molar-refractivity contribution is 0.695. The molecule has 19 heavy (non-hydrogen) atoms. The highest BCUT2D eigenvalue weighted by atomic mass is 127. The Morgan fingerprint density at radius 2 is 2.11 bits per heavy atom. The first-order valence-electron chi connectivity index (χ1n) is 6.47. The van der Waals surface area contributed by atoms with Crippen LogP contribution in [-0.2, 0) is 5.41 Å². The zero-order valence-corrected chi connectivity index (χ0v) is 15.1. The maximum Gasteiger partial charge on any atom is 0.188 e. The van der Waals surface area contributed by atoms with E-state index in [9.17, 15) is 0 Å². The molecule has 3 N–H and O–H groups in total. The van der Waals surface area contributed by atoms with Crippen molar-refractivity contribution in [1.29, 1.82) is 0 Å². The summed E-state index contributed by atoms with van der Waals surface area (Å²) in [4.78, 5) is 4.48. The van der Waals surface area contributed by atoms with Gasteiger partial charge in [0.05, 0.1) is 6.54 Å². The molecule has 0 amide bonds. The number of halogens is 2. The highest BCUT2D eigenvalue weighted by Crippen LogP contribution is 2.50. The molecule has 0 radical (unpaired) electrons. The lowest BCUT2D eigenvalue weighted by Gasteiger charge is -2.15. The Morgan fingerprint density at radius 1 is 1.42 bits per heavy atom. The number of hydrogen-bond donors (Lipinski definition) is 2. The molecule has 0 atom stereocenters. The number of aliphatic imine (C=N–C) groups is 1. The normalized spacial score (nSPS) is 16.6. The Bertz CT molecular complexity index is 444. The fourth-order valence-electron chi connectivity index (χ4n) is 2.10. The highest BCUT2D eigenvalue weighted by molar-refractivity contribution is 14.0. The molecule has 1 fully saturated rings. The molecule has 0 heterocycles. The first kappa shape index (κ1) is 16.8. The minimum absolute atomic E-state index is 0. The number of rotatable bonds is 5.